The Kier molecular flexibility index (Phi) is 8.16. The van der Waals surface area contributed by atoms with Crippen molar-refractivity contribution >= 4 is 29.0 Å². The van der Waals surface area contributed by atoms with Crippen LogP contribution in [-0.2, 0) is 4.84 Å². The molecule has 7 nitrogen and oxygen atoms in total. The Labute approximate surface area is 228 Å². The average Bonchev–Trinajstić information content (AvgIpc) is 3.43. The highest BCUT2D eigenvalue weighted by atomic mass is 35.5. The summed E-state index contributed by atoms with van der Waals surface area (Å²) in [6.07, 6.45) is 5.19. The van der Waals surface area contributed by atoms with E-state index in [1.807, 2.05) is 74.8 Å². The molecule has 0 saturated carbocycles. The molecule has 0 spiro atoms. The molecule has 196 valence electrons. The van der Waals surface area contributed by atoms with Crippen LogP contribution in [0, 0.1) is 12.3 Å². The van der Waals surface area contributed by atoms with E-state index in [-0.39, 0.29) is 12.4 Å². The van der Waals surface area contributed by atoms with Crippen LogP contribution in [-0.4, -0.2) is 57.1 Å². The molecule has 4 aromatic rings. The third-order valence-corrected chi connectivity index (χ3v) is 6.37. The summed E-state index contributed by atoms with van der Waals surface area (Å²) in [6, 6.07) is 19.5. The number of ether oxygens (including phenoxy) is 3. The Bertz CT molecular complexity index is 1510. The van der Waals surface area contributed by atoms with Gasteiger partial charge in [0, 0.05) is 39.7 Å². The normalized spacial score (nSPS) is 13.4. The lowest BCUT2D eigenvalue weighted by atomic mass is 10.1. The van der Waals surface area contributed by atoms with Crippen LogP contribution >= 0.6 is 12.4 Å². The van der Waals surface area contributed by atoms with Crippen LogP contribution < -0.4 is 14.2 Å². The van der Waals surface area contributed by atoms with E-state index in [9.17, 15) is 0 Å². The van der Waals surface area contributed by atoms with Crippen molar-refractivity contribution in [2.24, 2.45) is 5.16 Å². The Hall–Kier alpha value is -4.12. The predicted octanol–water partition coefficient (Wildman–Crippen LogP) is 5.67. The van der Waals surface area contributed by atoms with Crippen molar-refractivity contribution in [3.63, 3.8) is 0 Å². The Balaban J connectivity index is 0.00000336. The van der Waals surface area contributed by atoms with Gasteiger partial charge in [0.1, 0.15) is 18.1 Å². The topological polar surface area (TPSA) is 68.3 Å². The first-order chi connectivity index (χ1) is 18.0. The molecular weight excluding hydrogens is 502 g/mol. The van der Waals surface area contributed by atoms with Gasteiger partial charge in [-0.05, 0) is 44.4 Å². The van der Waals surface area contributed by atoms with Crippen molar-refractivity contribution in [3.8, 4) is 40.8 Å². The smallest absolute Gasteiger partial charge is 0.212 e. The molecule has 0 saturated heterocycles. The summed E-state index contributed by atoms with van der Waals surface area (Å²) in [7, 11) is 7.28. The van der Waals surface area contributed by atoms with Crippen LogP contribution in [0.3, 0.4) is 0 Å². The maximum absolute atomic E-state index is 6.02. The molecule has 8 heteroatoms. The quantitative estimate of drug-likeness (QED) is 0.196. The SMILES string of the molecule is C#CC(ON=C1c2cc(OC)c(OC)cc2-c2[nH]c3ccc(OCCN(C)C)cc3c21)c1ccccc1.Cl. The van der Waals surface area contributed by atoms with Gasteiger partial charge in [0.2, 0.25) is 6.10 Å². The molecule has 0 fully saturated rings. The number of fused-ring (bicyclic) bond motifs is 5. The lowest BCUT2D eigenvalue weighted by molar-refractivity contribution is 0.100. The lowest BCUT2D eigenvalue weighted by Gasteiger charge is -2.13. The number of aromatic nitrogens is 1. The first kappa shape index (κ1) is 26.9. The summed E-state index contributed by atoms with van der Waals surface area (Å²) in [4.78, 5) is 11.6. The van der Waals surface area contributed by atoms with Crippen LogP contribution in [0.25, 0.3) is 22.2 Å². The summed E-state index contributed by atoms with van der Waals surface area (Å²) >= 11 is 0. The number of nitrogens with one attached hydrogen (secondary N) is 1. The monoisotopic (exact) mass is 531 g/mol. The van der Waals surface area contributed by atoms with Crippen LogP contribution in [0.2, 0.25) is 0 Å². The van der Waals surface area contributed by atoms with Gasteiger partial charge in [0.15, 0.2) is 11.5 Å². The van der Waals surface area contributed by atoms with E-state index in [0.29, 0.717) is 23.8 Å². The number of nitrogens with zero attached hydrogens (tertiary/aromatic N) is 2. The molecule has 1 heterocycles. The average molecular weight is 532 g/mol. The van der Waals surface area contributed by atoms with Crippen LogP contribution in [0.5, 0.6) is 17.2 Å². The molecule has 38 heavy (non-hydrogen) atoms. The molecule has 0 bridgehead atoms. The summed E-state index contributed by atoms with van der Waals surface area (Å²) in [5.74, 6) is 4.72. The van der Waals surface area contributed by atoms with Gasteiger partial charge >= 0.3 is 0 Å². The van der Waals surface area contributed by atoms with Gasteiger partial charge in [0.25, 0.3) is 0 Å². The lowest BCUT2D eigenvalue weighted by Crippen LogP contribution is -2.19. The van der Waals surface area contributed by atoms with Crippen LogP contribution in [0.4, 0.5) is 0 Å². The molecule has 1 unspecified atom stereocenters. The van der Waals surface area contributed by atoms with E-state index >= 15 is 0 Å². The molecule has 0 aliphatic heterocycles. The van der Waals surface area contributed by atoms with Crippen molar-refractivity contribution < 1.29 is 19.0 Å². The molecule has 1 aromatic heterocycles. The van der Waals surface area contributed by atoms with E-state index in [1.165, 1.54) is 0 Å². The summed E-state index contributed by atoms with van der Waals surface area (Å²) < 4.78 is 17.2. The molecule has 0 amide bonds. The zero-order valence-corrected chi connectivity index (χ0v) is 22.6. The maximum atomic E-state index is 6.02. The minimum absolute atomic E-state index is 0. The highest BCUT2D eigenvalue weighted by molar-refractivity contribution is 6.30. The number of likely N-dealkylation sites (N-methyl/N-ethyl adjacent to an activating group) is 1. The second kappa shape index (κ2) is 11.5. The van der Waals surface area contributed by atoms with Crippen molar-refractivity contribution in [2.45, 2.75) is 6.10 Å². The number of benzene rings is 3. The summed E-state index contributed by atoms with van der Waals surface area (Å²) in [5, 5.41) is 5.61. The Morgan fingerprint density at radius 2 is 1.68 bits per heavy atom. The first-order valence-corrected chi connectivity index (χ1v) is 12.0. The molecule has 5 rings (SSSR count). The molecular formula is C30H30ClN3O4. The van der Waals surface area contributed by atoms with Gasteiger partial charge in [-0.15, -0.1) is 18.8 Å². The Morgan fingerprint density at radius 3 is 2.34 bits per heavy atom. The van der Waals surface area contributed by atoms with Gasteiger partial charge in [-0.3, -0.25) is 0 Å². The van der Waals surface area contributed by atoms with Crippen molar-refractivity contribution in [1.29, 1.82) is 0 Å². The number of rotatable bonds is 9. The maximum Gasteiger partial charge on any atom is 0.212 e. The van der Waals surface area contributed by atoms with E-state index in [2.05, 4.69) is 21.0 Å². The largest absolute Gasteiger partial charge is 0.493 e. The standard InChI is InChI=1S/C30H29N3O4.ClH/c1-6-25(19-10-8-7-9-11-19)37-32-30-22-18-27(35-5)26(34-4)17-21(22)29-28(30)23-16-20(12-13-24(23)31-29)36-15-14-33(2)3;/h1,7-13,16-18,25,31H,14-15H2,2-5H3;1H. The van der Waals surface area contributed by atoms with Gasteiger partial charge in [-0.1, -0.05) is 41.4 Å². The fourth-order valence-electron chi connectivity index (χ4n) is 4.49. The molecule has 1 aliphatic rings. The number of halogens is 1. The minimum atomic E-state index is -0.628. The second-order valence-corrected chi connectivity index (χ2v) is 8.99. The number of hydrogen-bond donors (Lipinski definition) is 1. The summed E-state index contributed by atoms with van der Waals surface area (Å²) in [5.41, 5.74) is 6.14. The van der Waals surface area contributed by atoms with E-state index < -0.39 is 6.10 Å². The van der Waals surface area contributed by atoms with Gasteiger partial charge in [0.05, 0.1) is 19.9 Å². The van der Waals surface area contributed by atoms with Crippen LogP contribution in [0.15, 0.2) is 65.8 Å². The van der Waals surface area contributed by atoms with E-state index in [1.54, 1.807) is 14.2 Å². The highest BCUT2D eigenvalue weighted by Gasteiger charge is 2.32. The van der Waals surface area contributed by atoms with Gasteiger partial charge in [-0.25, -0.2) is 0 Å². The fraction of sp³-hybridized carbons (Fsp3) is 0.233. The highest BCUT2D eigenvalue weighted by Crippen LogP contribution is 2.46. The van der Waals surface area contributed by atoms with Crippen molar-refractivity contribution in [3.05, 3.63) is 77.4 Å². The van der Waals surface area contributed by atoms with Gasteiger partial charge in [-0.2, -0.15) is 0 Å². The third-order valence-electron chi connectivity index (χ3n) is 6.37. The number of aromatic amines is 1. The molecule has 1 aliphatic carbocycles. The van der Waals surface area contributed by atoms with Crippen LogP contribution in [0.1, 0.15) is 22.8 Å². The first-order valence-electron chi connectivity index (χ1n) is 12.0. The van der Waals surface area contributed by atoms with Gasteiger partial charge < -0.3 is 28.9 Å². The number of terminal acetylenes is 1. The zero-order chi connectivity index (χ0) is 25.9. The summed E-state index contributed by atoms with van der Waals surface area (Å²) in [6.45, 7) is 1.41. The van der Waals surface area contributed by atoms with E-state index in [0.717, 1.165) is 51.1 Å². The fourth-order valence-corrected chi connectivity index (χ4v) is 4.49. The Morgan fingerprint density at radius 1 is 0.974 bits per heavy atom. The number of methoxy groups -OCH3 is 2. The third kappa shape index (κ3) is 5.01. The second-order valence-electron chi connectivity index (χ2n) is 8.99. The number of hydrogen-bond acceptors (Lipinski definition) is 6. The van der Waals surface area contributed by atoms with E-state index in [4.69, 9.17) is 25.5 Å². The number of oxime groups is 1. The molecule has 1 atom stereocenters. The predicted molar refractivity (Wildman–Crippen MR) is 153 cm³/mol. The van der Waals surface area contributed by atoms with Crippen molar-refractivity contribution in [1.82, 2.24) is 9.88 Å². The molecule has 1 N–H and O–H groups in total. The molecule has 3 aromatic carbocycles. The molecule has 0 radical (unpaired) electrons. The minimum Gasteiger partial charge on any atom is -0.493 e. The zero-order valence-electron chi connectivity index (χ0n) is 21.8. The number of H-pyrrole nitrogens is 1. The van der Waals surface area contributed by atoms with Crippen molar-refractivity contribution in [2.75, 3.05) is 41.5 Å².